The number of carbonyl (C=O) groups excluding carboxylic acids is 1. The molecule has 0 unspecified atom stereocenters. The number of likely N-dealkylation sites (N-methyl/N-ethyl adjacent to an activating group) is 1. The molecule has 6 nitrogen and oxygen atoms in total. The van der Waals surface area contributed by atoms with Crippen LogP contribution in [0.5, 0.6) is 0 Å². The highest BCUT2D eigenvalue weighted by Gasteiger charge is 2.20. The zero-order chi connectivity index (χ0) is 16.2. The number of hydrogen-bond acceptors (Lipinski definition) is 4. The summed E-state index contributed by atoms with van der Waals surface area (Å²) in [6.45, 7) is 3.48. The number of guanidine groups is 1. The molecule has 0 aromatic rings. The van der Waals surface area contributed by atoms with Crippen molar-refractivity contribution in [2.45, 2.75) is 19.3 Å². The van der Waals surface area contributed by atoms with Crippen LogP contribution in [0.1, 0.15) is 19.3 Å². The largest absolute Gasteiger partial charge is 0.381 e. The number of thioether (sulfide) groups is 1. The van der Waals surface area contributed by atoms with Crippen molar-refractivity contribution in [1.29, 1.82) is 0 Å². The summed E-state index contributed by atoms with van der Waals surface area (Å²) in [7, 11) is 3.48. The fourth-order valence-electron chi connectivity index (χ4n) is 1.65. The minimum atomic E-state index is -0.00117. The van der Waals surface area contributed by atoms with E-state index in [9.17, 15) is 4.79 Å². The van der Waals surface area contributed by atoms with Crippen LogP contribution in [0.25, 0.3) is 0 Å². The van der Waals surface area contributed by atoms with Gasteiger partial charge in [-0.25, -0.2) is 4.99 Å². The molecule has 22 heavy (non-hydrogen) atoms. The number of carbonyl (C=O) groups is 1. The highest BCUT2D eigenvalue weighted by Crippen LogP contribution is 2.28. The first-order valence-electron chi connectivity index (χ1n) is 7.92. The lowest BCUT2D eigenvalue weighted by molar-refractivity contribution is -0.127. The first-order chi connectivity index (χ1) is 10.6. The van der Waals surface area contributed by atoms with Gasteiger partial charge in [0.15, 0.2) is 5.96 Å². The second kappa shape index (κ2) is 11.6. The Bertz CT molecular complexity index is 346. The molecule has 0 spiro atoms. The summed E-state index contributed by atoms with van der Waals surface area (Å²) in [5.74, 6) is 2.52. The smallest absolute Gasteiger partial charge is 0.243 e. The lowest BCUT2D eigenvalue weighted by atomic mass is 10.4. The van der Waals surface area contributed by atoms with E-state index in [4.69, 9.17) is 4.74 Å². The summed E-state index contributed by atoms with van der Waals surface area (Å²) >= 11 is 1.78. The SMILES string of the molecule is CSCCNC(=NCC(=O)N(C)C)NCCCOCC1CC1. The molecule has 1 saturated carbocycles. The Hall–Kier alpha value is -0.950. The van der Waals surface area contributed by atoms with Gasteiger partial charge in [-0.1, -0.05) is 0 Å². The van der Waals surface area contributed by atoms with Crippen molar-refractivity contribution in [2.75, 3.05) is 59.0 Å². The van der Waals surface area contributed by atoms with Gasteiger partial charge in [0.25, 0.3) is 0 Å². The maximum Gasteiger partial charge on any atom is 0.243 e. The quantitative estimate of drug-likeness (QED) is 0.333. The van der Waals surface area contributed by atoms with Crippen molar-refractivity contribution in [3.05, 3.63) is 0 Å². The standard InChI is InChI=1S/C15H30N4O2S/c1-19(2)14(20)11-18-15(17-8-10-22-3)16-7-4-9-21-12-13-5-6-13/h13H,4-12H2,1-3H3,(H2,16,17,18). The van der Waals surface area contributed by atoms with Crippen LogP contribution in [0, 0.1) is 5.92 Å². The van der Waals surface area contributed by atoms with Crippen molar-refractivity contribution >= 4 is 23.6 Å². The van der Waals surface area contributed by atoms with E-state index in [0.717, 1.165) is 44.4 Å². The predicted molar refractivity (Wildman–Crippen MR) is 93.5 cm³/mol. The molecule has 0 saturated heterocycles. The number of aliphatic imine (C=N–C) groups is 1. The molecule has 0 radical (unpaired) electrons. The zero-order valence-corrected chi connectivity index (χ0v) is 14.9. The van der Waals surface area contributed by atoms with E-state index in [1.807, 2.05) is 0 Å². The fraction of sp³-hybridized carbons (Fsp3) is 0.867. The highest BCUT2D eigenvalue weighted by molar-refractivity contribution is 7.98. The molecule has 128 valence electrons. The van der Waals surface area contributed by atoms with Crippen molar-refractivity contribution in [3.63, 3.8) is 0 Å². The van der Waals surface area contributed by atoms with Crippen molar-refractivity contribution < 1.29 is 9.53 Å². The topological polar surface area (TPSA) is 66.0 Å². The number of amides is 1. The van der Waals surface area contributed by atoms with E-state index in [2.05, 4.69) is 21.9 Å². The molecule has 0 aromatic heterocycles. The maximum absolute atomic E-state index is 11.6. The highest BCUT2D eigenvalue weighted by atomic mass is 32.2. The predicted octanol–water partition coefficient (Wildman–Crippen LogP) is 0.790. The van der Waals surface area contributed by atoms with Crippen LogP contribution >= 0.6 is 11.8 Å². The van der Waals surface area contributed by atoms with Crippen LogP contribution in [0.4, 0.5) is 0 Å². The van der Waals surface area contributed by atoms with Gasteiger partial charge in [-0.2, -0.15) is 11.8 Å². The molecule has 0 bridgehead atoms. The van der Waals surface area contributed by atoms with Gasteiger partial charge in [-0.05, 0) is 31.4 Å². The molecule has 0 heterocycles. The van der Waals surface area contributed by atoms with Gasteiger partial charge >= 0.3 is 0 Å². The van der Waals surface area contributed by atoms with Crippen molar-refractivity contribution in [1.82, 2.24) is 15.5 Å². The summed E-state index contributed by atoms with van der Waals surface area (Å²) < 4.78 is 5.60. The molecule has 0 aliphatic heterocycles. The Labute approximate surface area is 138 Å². The molecule has 7 heteroatoms. The normalized spacial score (nSPS) is 14.8. The number of rotatable bonds is 11. The lowest BCUT2D eigenvalue weighted by Crippen LogP contribution is -2.40. The molecule has 1 fully saturated rings. The third-order valence-corrected chi connectivity index (χ3v) is 3.89. The number of ether oxygens (including phenoxy) is 1. The van der Waals surface area contributed by atoms with Gasteiger partial charge in [-0.3, -0.25) is 4.79 Å². The number of hydrogen-bond donors (Lipinski definition) is 2. The Morgan fingerprint density at radius 3 is 2.68 bits per heavy atom. The minimum absolute atomic E-state index is 0.00117. The van der Waals surface area contributed by atoms with Crippen LogP contribution in [0.3, 0.4) is 0 Å². The van der Waals surface area contributed by atoms with E-state index < -0.39 is 0 Å². The summed E-state index contributed by atoms with van der Waals surface area (Å²) in [6.07, 6.45) is 5.67. The second-order valence-electron chi connectivity index (χ2n) is 5.67. The average molecular weight is 330 g/mol. The second-order valence-corrected chi connectivity index (χ2v) is 6.66. The fourth-order valence-corrected chi connectivity index (χ4v) is 1.96. The van der Waals surface area contributed by atoms with Gasteiger partial charge in [0.05, 0.1) is 0 Å². The molecule has 1 aliphatic rings. The van der Waals surface area contributed by atoms with Crippen LogP contribution in [-0.4, -0.2) is 75.7 Å². The van der Waals surface area contributed by atoms with Crippen LogP contribution < -0.4 is 10.6 Å². The third kappa shape index (κ3) is 9.89. The minimum Gasteiger partial charge on any atom is -0.381 e. The Morgan fingerprint density at radius 2 is 2.05 bits per heavy atom. The molecular weight excluding hydrogens is 300 g/mol. The Morgan fingerprint density at radius 1 is 1.32 bits per heavy atom. The van der Waals surface area contributed by atoms with Gasteiger partial charge in [-0.15, -0.1) is 0 Å². The van der Waals surface area contributed by atoms with E-state index in [1.165, 1.54) is 12.8 Å². The number of nitrogens with one attached hydrogen (secondary N) is 2. The van der Waals surface area contributed by atoms with E-state index in [-0.39, 0.29) is 12.5 Å². The Balaban J connectivity index is 2.19. The molecule has 2 N–H and O–H groups in total. The van der Waals surface area contributed by atoms with Gasteiger partial charge in [0, 0.05) is 46.2 Å². The monoisotopic (exact) mass is 330 g/mol. The Kier molecular flexibility index (Phi) is 10.1. The van der Waals surface area contributed by atoms with Crippen molar-refractivity contribution in [2.24, 2.45) is 10.9 Å². The van der Waals surface area contributed by atoms with Crippen molar-refractivity contribution in [3.8, 4) is 0 Å². The molecular formula is C15H30N4O2S. The first-order valence-corrected chi connectivity index (χ1v) is 9.32. The van der Waals surface area contributed by atoms with E-state index >= 15 is 0 Å². The molecule has 1 amide bonds. The lowest BCUT2D eigenvalue weighted by Gasteiger charge is -2.13. The number of nitrogens with zero attached hydrogens (tertiary/aromatic N) is 2. The zero-order valence-electron chi connectivity index (χ0n) is 14.1. The van der Waals surface area contributed by atoms with Gasteiger partial charge in [0.2, 0.25) is 5.91 Å². The summed E-state index contributed by atoms with van der Waals surface area (Å²) in [6, 6.07) is 0. The van der Waals surface area contributed by atoms with Crippen LogP contribution in [0.15, 0.2) is 4.99 Å². The molecule has 0 atom stereocenters. The van der Waals surface area contributed by atoms with Gasteiger partial charge < -0.3 is 20.3 Å². The van der Waals surface area contributed by atoms with E-state index in [1.54, 1.807) is 30.8 Å². The molecule has 0 aromatic carbocycles. The summed E-state index contributed by atoms with van der Waals surface area (Å²) in [5.41, 5.74) is 0. The van der Waals surface area contributed by atoms with Crippen LogP contribution in [-0.2, 0) is 9.53 Å². The maximum atomic E-state index is 11.6. The van der Waals surface area contributed by atoms with Crippen LogP contribution in [0.2, 0.25) is 0 Å². The molecule has 1 rings (SSSR count). The summed E-state index contributed by atoms with van der Waals surface area (Å²) in [4.78, 5) is 17.5. The van der Waals surface area contributed by atoms with E-state index in [0.29, 0.717) is 5.96 Å². The average Bonchev–Trinajstić information content (AvgIpc) is 3.31. The third-order valence-electron chi connectivity index (χ3n) is 3.28. The first kappa shape index (κ1) is 19.1. The summed E-state index contributed by atoms with van der Waals surface area (Å²) in [5, 5.41) is 6.50. The van der Waals surface area contributed by atoms with Gasteiger partial charge in [0.1, 0.15) is 6.54 Å². The molecule has 1 aliphatic carbocycles.